The number of phosphoric acid groups is 1. The quantitative estimate of drug-likeness (QED) is 0.137. The summed E-state index contributed by atoms with van der Waals surface area (Å²) in [4.78, 5) is 73.0. The minimum absolute atomic E-state index is 0.0731. The van der Waals surface area contributed by atoms with Crippen molar-refractivity contribution in [1.82, 2.24) is 14.9 Å². The van der Waals surface area contributed by atoms with Crippen LogP contribution in [0.4, 0.5) is 0 Å². The van der Waals surface area contributed by atoms with E-state index in [1.807, 2.05) is 34.9 Å². The second-order valence-corrected chi connectivity index (χ2v) is 10.8. The van der Waals surface area contributed by atoms with Crippen molar-refractivity contribution < 1.29 is 47.9 Å². The summed E-state index contributed by atoms with van der Waals surface area (Å²) in [6.45, 7) is 0.970. The molecule has 41 heavy (non-hydrogen) atoms. The van der Waals surface area contributed by atoms with Crippen molar-refractivity contribution in [1.29, 1.82) is 0 Å². The van der Waals surface area contributed by atoms with Crippen LogP contribution in [0.1, 0.15) is 37.4 Å². The Morgan fingerprint density at radius 3 is 2.41 bits per heavy atom. The van der Waals surface area contributed by atoms with Crippen molar-refractivity contribution in [2.45, 2.75) is 51.3 Å². The standard InChI is InChI=1S/C26H37N4O10P/c1-17(40-41(36,37)38)22(25(27)34)12-24(33)23(15-31)29-26(35)19(11-21(32)8-9-39-2)10-20-13-28-16-30(20)14-18-6-4-3-5-7-18/h3-7,13,16-17,19,22-23,31H,8-12,14-15H2,1-2H3,(H2,27,34)(H,29,35)(H2,36,37,38)/t17-,19-,22+,23+/m1/s1. The molecule has 0 unspecified atom stereocenters. The smallest absolute Gasteiger partial charge is 0.394 e. The van der Waals surface area contributed by atoms with E-state index in [0.717, 1.165) is 12.5 Å². The van der Waals surface area contributed by atoms with Gasteiger partial charge in [0.25, 0.3) is 0 Å². The van der Waals surface area contributed by atoms with Crippen LogP contribution in [0.3, 0.4) is 0 Å². The first-order valence-corrected chi connectivity index (χ1v) is 14.4. The van der Waals surface area contributed by atoms with Gasteiger partial charge in [0, 0.05) is 51.2 Å². The third-order valence-corrected chi connectivity index (χ3v) is 7.03. The highest BCUT2D eigenvalue weighted by Gasteiger charge is 2.34. The highest BCUT2D eigenvalue weighted by atomic mass is 31.2. The monoisotopic (exact) mass is 596 g/mol. The summed E-state index contributed by atoms with van der Waals surface area (Å²) >= 11 is 0. The third-order valence-electron chi connectivity index (χ3n) is 6.42. The molecule has 2 rings (SSSR count). The van der Waals surface area contributed by atoms with Gasteiger partial charge in [-0.25, -0.2) is 9.55 Å². The number of hydrogen-bond acceptors (Lipinski definition) is 9. The number of rotatable bonds is 19. The maximum atomic E-state index is 13.4. The first-order valence-electron chi connectivity index (χ1n) is 12.8. The number of ketones is 2. The van der Waals surface area contributed by atoms with E-state index in [2.05, 4.69) is 14.8 Å². The average Bonchev–Trinajstić information content (AvgIpc) is 3.33. The molecule has 0 spiro atoms. The van der Waals surface area contributed by atoms with Gasteiger partial charge in [-0.2, -0.15) is 0 Å². The molecule has 0 aliphatic heterocycles. The van der Waals surface area contributed by atoms with Crippen LogP contribution >= 0.6 is 7.82 Å². The molecule has 1 aromatic heterocycles. The van der Waals surface area contributed by atoms with Crippen molar-refractivity contribution in [2.24, 2.45) is 17.6 Å². The number of amides is 2. The van der Waals surface area contributed by atoms with Crippen LogP contribution in [0.5, 0.6) is 0 Å². The summed E-state index contributed by atoms with van der Waals surface area (Å²) in [5, 5.41) is 12.3. The van der Waals surface area contributed by atoms with Gasteiger partial charge in [0.1, 0.15) is 11.8 Å². The molecule has 0 bridgehead atoms. The number of carbonyl (C=O) groups excluding carboxylic acids is 4. The van der Waals surface area contributed by atoms with E-state index in [1.165, 1.54) is 7.11 Å². The summed E-state index contributed by atoms with van der Waals surface area (Å²) < 4.78 is 22.5. The molecule has 0 radical (unpaired) electrons. The Bertz CT molecular complexity index is 1220. The lowest BCUT2D eigenvalue weighted by Gasteiger charge is -2.24. The van der Waals surface area contributed by atoms with E-state index in [0.29, 0.717) is 12.2 Å². The van der Waals surface area contributed by atoms with Crippen molar-refractivity contribution in [2.75, 3.05) is 20.3 Å². The molecule has 2 amide bonds. The maximum absolute atomic E-state index is 13.4. The molecule has 0 aliphatic carbocycles. The minimum Gasteiger partial charge on any atom is -0.394 e. The van der Waals surface area contributed by atoms with Crippen LogP contribution in [0.15, 0.2) is 42.9 Å². The molecule has 2 aromatic rings. The molecule has 1 aromatic carbocycles. The summed E-state index contributed by atoms with van der Waals surface area (Å²) in [5.74, 6) is -5.19. The van der Waals surface area contributed by atoms with Crippen LogP contribution in [-0.2, 0) is 46.0 Å². The van der Waals surface area contributed by atoms with Crippen molar-refractivity contribution in [3.63, 3.8) is 0 Å². The molecule has 6 N–H and O–H groups in total. The SMILES string of the molecule is COCCC(=O)C[C@@H](Cc1cncn1Cc1ccccc1)C(=O)N[C@@H](CO)C(=O)C[C@H](C(N)=O)[C@@H](C)OP(=O)(O)O. The minimum atomic E-state index is -4.99. The molecule has 0 aliphatic rings. The average molecular weight is 597 g/mol. The lowest BCUT2D eigenvalue weighted by molar-refractivity contribution is -0.135. The molecule has 226 valence electrons. The number of nitrogens with zero attached hydrogens (tertiary/aromatic N) is 2. The first-order chi connectivity index (χ1) is 19.3. The van der Waals surface area contributed by atoms with E-state index in [4.69, 9.17) is 20.3 Å². The molecule has 1 heterocycles. The van der Waals surface area contributed by atoms with Gasteiger partial charge in [-0.05, 0) is 12.5 Å². The number of imidazole rings is 1. The second-order valence-electron chi connectivity index (χ2n) is 9.61. The van der Waals surface area contributed by atoms with Gasteiger partial charge in [0.2, 0.25) is 11.8 Å². The maximum Gasteiger partial charge on any atom is 0.469 e. The highest BCUT2D eigenvalue weighted by molar-refractivity contribution is 7.46. The number of carbonyl (C=O) groups is 4. The molecule has 0 saturated carbocycles. The van der Waals surface area contributed by atoms with Crippen LogP contribution in [0.25, 0.3) is 0 Å². The van der Waals surface area contributed by atoms with E-state index in [1.54, 1.807) is 12.5 Å². The van der Waals surface area contributed by atoms with Crippen LogP contribution in [0.2, 0.25) is 0 Å². The van der Waals surface area contributed by atoms with E-state index in [-0.39, 0.29) is 31.7 Å². The number of Topliss-reactive ketones (excluding diaryl/α,β-unsaturated/α-hetero) is 2. The molecule has 0 fully saturated rings. The summed E-state index contributed by atoms with van der Waals surface area (Å²) in [5.41, 5.74) is 6.97. The van der Waals surface area contributed by atoms with Gasteiger partial charge in [0.05, 0.1) is 37.5 Å². The van der Waals surface area contributed by atoms with Gasteiger partial charge in [-0.15, -0.1) is 0 Å². The fraction of sp³-hybridized carbons (Fsp3) is 0.500. The zero-order valence-corrected chi connectivity index (χ0v) is 23.8. The Labute approximate surface area is 237 Å². The number of primary amides is 1. The zero-order valence-electron chi connectivity index (χ0n) is 22.9. The number of phosphoric ester groups is 1. The number of aromatic nitrogens is 2. The van der Waals surface area contributed by atoms with Gasteiger partial charge in [-0.1, -0.05) is 30.3 Å². The molecule has 15 heteroatoms. The van der Waals surface area contributed by atoms with E-state index < -0.39 is 62.4 Å². The van der Waals surface area contributed by atoms with Crippen LogP contribution in [0, 0.1) is 11.8 Å². The topological polar surface area (TPSA) is 220 Å². The highest BCUT2D eigenvalue weighted by Crippen LogP contribution is 2.39. The molecule has 0 saturated heterocycles. The number of nitrogens with two attached hydrogens (primary N) is 1. The first kappa shape index (κ1) is 33.9. The number of methoxy groups -OCH3 is 1. The predicted molar refractivity (Wildman–Crippen MR) is 145 cm³/mol. The Morgan fingerprint density at radius 2 is 1.83 bits per heavy atom. The third kappa shape index (κ3) is 11.6. The fourth-order valence-corrected chi connectivity index (χ4v) is 4.79. The number of aliphatic hydroxyl groups is 1. The summed E-state index contributed by atoms with van der Waals surface area (Å²) in [7, 11) is -3.54. The number of ether oxygens (including phenoxy) is 1. The normalized spacial score (nSPS) is 14.6. The number of aliphatic hydroxyl groups excluding tert-OH is 1. The fourth-order valence-electron chi connectivity index (χ4n) is 4.21. The lowest BCUT2D eigenvalue weighted by Crippen LogP contribution is -2.48. The molecule has 4 atom stereocenters. The van der Waals surface area contributed by atoms with Gasteiger partial charge < -0.3 is 35.2 Å². The second kappa shape index (κ2) is 16.2. The van der Waals surface area contributed by atoms with Crippen molar-refractivity contribution >= 4 is 31.2 Å². The number of nitrogens with one attached hydrogen (secondary N) is 1. The van der Waals surface area contributed by atoms with Crippen LogP contribution in [-0.4, -0.2) is 80.3 Å². The Balaban J connectivity index is 2.20. The van der Waals surface area contributed by atoms with Crippen LogP contribution < -0.4 is 11.1 Å². The van der Waals surface area contributed by atoms with Gasteiger partial charge in [-0.3, -0.25) is 23.7 Å². The molecular formula is C26H37N4O10P. The molecular weight excluding hydrogens is 559 g/mol. The van der Waals surface area contributed by atoms with Crippen molar-refractivity contribution in [3.8, 4) is 0 Å². The lowest BCUT2D eigenvalue weighted by atomic mass is 9.92. The summed E-state index contributed by atoms with van der Waals surface area (Å²) in [6, 6.07) is 8.07. The van der Waals surface area contributed by atoms with Crippen molar-refractivity contribution in [3.05, 3.63) is 54.1 Å². The van der Waals surface area contributed by atoms with Gasteiger partial charge >= 0.3 is 7.82 Å². The Morgan fingerprint density at radius 1 is 1.15 bits per heavy atom. The Hall–Kier alpha value is -3.26. The van der Waals surface area contributed by atoms with E-state index in [9.17, 15) is 28.8 Å². The van der Waals surface area contributed by atoms with Gasteiger partial charge in [0.15, 0.2) is 5.78 Å². The molecule has 14 nitrogen and oxygen atoms in total. The Kier molecular flexibility index (Phi) is 13.5. The zero-order chi connectivity index (χ0) is 30.6. The summed E-state index contributed by atoms with van der Waals surface area (Å²) in [6.07, 6.45) is 1.10. The number of hydrogen-bond donors (Lipinski definition) is 5. The van der Waals surface area contributed by atoms with E-state index >= 15 is 0 Å². The predicted octanol–water partition coefficient (Wildman–Crippen LogP) is 0.121. The number of benzene rings is 1. The largest absolute Gasteiger partial charge is 0.469 e.